The summed E-state index contributed by atoms with van der Waals surface area (Å²) >= 11 is 0. The van der Waals surface area contributed by atoms with Crippen LogP contribution in [0.4, 0.5) is 0 Å². The van der Waals surface area contributed by atoms with Gasteiger partial charge >= 0.3 is 0 Å². The molecule has 1 saturated heterocycles. The first kappa shape index (κ1) is 24.2. The Labute approximate surface area is 213 Å². The van der Waals surface area contributed by atoms with E-state index in [1.165, 1.54) is 0 Å². The van der Waals surface area contributed by atoms with Crippen molar-refractivity contribution in [1.82, 2.24) is 9.80 Å². The summed E-state index contributed by atoms with van der Waals surface area (Å²) in [6, 6.07) is 20.8. The van der Waals surface area contributed by atoms with Crippen LogP contribution in [0.2, 0.25) is 0 Å². The fraction of sp³-hybridized carbons (Fsp3) is 0.333. The first-order valence-corrected chi connectivity index (χ1v) is 12.5. The molecule has 36 heavy (non-hydrogen) atoms. The molecule has 0 saturated carbocycles. The minimum absolute atomic E-state index is 0.192. The lowest BCUT2D eigenvalue weighted by atomic mass is 9.86. The van der Waals surface area contributed by atoms with E-state index in [1.807, 2.05) is 43.3 Å². The second kappa shape index (κ2) is 10.2. The Morgan fingerprint density at radius 1 is 0.944 bits per heavy atom. The van der Waals surface area contributed by atoms with E-state index in [2.05, 4.69) is 23.8 Å². The monoisotopic (exact) mass is 486 g/mol. The third kappa shape index (κ3) is 5.06. The highest BCUT2D eigenvalue weighted by Gasteiger charge is 2.30. The van der Waals surface area contributed by atoms with Gasteiger partial charge in [-0.2, -0.15) is 0 Å². The van der Waals surface area contributed by atoms with Gasteiger partial charge in [0.1, 0.15) is 35.7 Å². The number of likely N-dealkylation sites (N-methyl/N-ethyl adjacent to an activating group) is 1. The highest BCUT2D eigenvalue weighted by atomic mass is 16.5. The SMILES string of the molecule is CC1=C(c2cccc(O)c2)C(c2ccc(OC[C@H](C)N3CCN(C)CC3)cc2)Oc2ccc(O)cc21. The number of hydrogen-bond acceptors (Lipinski definition) is 6. The summed E-state index contributed by atoms with van der Waals surface area (Å²) in [5, 5.41) is 20.2. The molecule has 2 heterocycles. The average molecular weight is 487 g/mol. The number of phenolic OH excluding ortho intramolecular Hbond substituents is 2. The number of phenols is 2. The molecule has 0 radical (unpaired) electrons. The van der Waals surface area contributed by atoms with Crippen LogP contribution in [0.5, 0.6) is 23.0 Å². The van der Waals surface area contributed by atoms with Crippen LogP contribution in [0.1, 0.15) is 36.6 Å². The Morgan fingerprint density at radius 2 is 1.67 bits per heavy atom. The average Bonchev–Trinajstić information content (AvgIpc) is 2.88. The number of allylic oxidation sites excluding steroid dienone is 1. The van der Waals surface area contributed by atoms with Crippen molar-refractivity contribution in [3.63, 3.8) is 0 Å². The maximum absolute atomic E-state index is 10.1. The largest absolute Gasteiger partial charge is 0.508 e. The molecule has 2 aliphatic heterocycles. The van der Waals surface area contributed by atoms with Gasteiger partial charge in [0.15, 0.2) is 0 Å². The normalized spacial score (nSPS) is 19.5. The van der Waals surface area contributed by atoms with Gasteiger partial charge < -0.3 is 24.6 Å². The second-order valence-electron chi connectivity index (χ2n) is 9.84. The number of hydrogen-bond donors (Lipinski definition) is 2. The first-order chi connectivity index (χ1) is 17.4. The summed E-state index contributed by atoms with van der Waals surface area (Å²) in [7, 11) is 2.17. The van der Waals surface area contributed by atoms with Crippen LogP contribution < -0.4 is 9.47 Å². The van der Waals surface area contributed by atoms with Crippen LogP contribution >= 0.6 is 0 Å². The molecule has 0 aliphatic carbocycles. The lowest BCUT2D eigenvalue weighted by molar-refractivity contribution is 0.0904. The number of piperazine rings is 1. The summed E-state index contributed by atoms with van der Waals surface area (Å²) in [5.74, 6) is 1.95. The standard InChI is InChI=1S/C30H34N2O4/c1-20(32-15-13-31(3)14-16-32)19-35-26-10-7-22(8-11-26)30-29(23-5-4-6-24(33)17-23)21(2)27-18-25(34)9-12-28(27)36-30/h4-12,17-18,20,30,33-34H,13-16,19H2,1-3H3/t20-,30?/m0/s1. The van der Waals surface area contributed by atoms with Crippen LogP contribution in [0.25, 0.3) is 11.1 Å². The molecule has 2 N–H and O–H groups in total. The van der Waals surface area contributed by atoms with E-state index in [1.54, 1.807) is 30.3 Å². The van der Waals surface area contributed by atoms with Crippen molar-refractivity contribution in [3.05, 3.63) is 83.4 Å². The topological polar surface area (TPSA) is 65.4 Å². The molecule has 1 fully saturated rings. The number of rotatable bonds is 6. The van der Waals surface area contributed by atoms with Gasteiger partial charge in [-0.3, -0.25) is 4.90 Å². The van der Waals surface area contributed by atoms with E-state index in [0.29, 0.717) is 12.6 Å². The highest BCUT2D eigenvalue weighted by Crippen LogP contribution is 2.47. The molecule has 0 spiro atoms. The minimum atomic E-state index is -0.359. The van der Waals surface area contributed by atoms with Crippen LogP contribution in [-0.4, -0.2) is 65.9 Å². The number of fused-ring (bicyclic) bond motifs is 1. The van der Waals surface area contributed by atoms with Gasteiger partial charge in [-0.1, -0.05) is 24.3 Å². The fourth-order valence-corrected chi connectivity index (χ4v) is 5.04. The van der Waals surface area contributed by atoms with Gasteiger partial charge in [0.05, 0.1) is 0 Å². The zero-order valence-corrected chi connectivity index (χ0v) is 21.1. The quantitative estimate of drug-likeness (QED) is 0.501. The Balaban J connectivity index is 1.38. The van der Waals surface area contributed by atoms with Crippen molar-refractivity contribution in [2.45, 2.75) is 26.0 Å². The molecule has 5 rings (SSSR count). The molecule has 0 bridgehead atoms. The molecule has 6 nitrogen and oxygen atoms in total. The highest BCUT2D eigenvalue weighted by molar-refractivity contribution is 5.95. The summed E-state index contributed by atoms with van der Waals surface area (Å²) < 4.78 is 12.6. The van der Waals surface area contributed by atoms with Gasteiger partial charge in [0.2, 0.25) is 0 Å². The molecular formula is C30H34N2O4. The Hall–Kier alpha value is -3.48. The van der Waals surface area contributed by atoms with Crippen molar-refractivity contribution < 1.29 is 19.7 Å². The zero-order valence-electron chi connectivity index (χ0n) is 21.1. The summed E-state index contributed by atoms with van der Waals surface area (Å²) in [6.45, 7) is 9.23. The Bertz CT molecular complexity index is 1250. The third-order valence-electron chi connectivity index (χ3n) is 7.27. The number of ether oxygens (including phenoxy) is 2. The minimum Gasteiger partial charge on any atom is -0.508 e. The van der Waals surface area contributed by atoms with Gasteiger partial charge in [-0.05, 0) is 80.1 Å². The second-order valence-corrected chi connectivity index (χ2v) is 9.84. The van der Waals surface area contributed by atoms with Gasteiger partial charge in [-0.15, -0.1) is 0 Å². The van der Waals surface area contributed by atoms with E-state index < -0.39 is 0 Å². The number of aromatic hydroxyl groups is 2. The Kier molecular flexibility index (Phi) is 6.90. The first-order valence-electron chi connectivity index (χ1n) is 12.5. The molecule has 2 atom stereocenters. The maximum Gasteiger partial charge on any atom is 0.150 e. The van der Waals surface area contributed by atoms with Crippen molar-refractivity contribution in [3.8, 4) is 23.0 Å². The third-order valence-corrected chi connectivity index (χ3v) is 7.27. The van der Waals surface area contributed by atoms with Crippen molar-refractivity contribution in [2.75, 3.05) is 39.8 Å². The number of benzene rings is 3. The zero-order chi connectivity index (χ0) is 25.2. The van der Waals surface area contributed by atoms with Crippen LogP contribution in [0.3, 0.4) is 0 Å². The molecule has 1 unspecified atom stereocenters. The summed E-state index contributed by atoms with van der Waals surface area (Å²) in [5.41, 5.74) is 4.69. The van der Waals surface area contributed by atoms with Crippen LogP contribution in [0, 0.1) is 0 Å². The maximum atomic E-state index is 10.1. The van der Waals surface area contributed by atoms with Crippen molar-refractivity contribution in [2.24, 2.45) is 0 Å². The van der Waals surface area contributed by atoms with Crippen molar-refractivity contribution in [1.29, 1.82) is 0 Å². The molecule has 3 aromatic carbocycles. The van der Waals surface area contributed by atoms with Crippen LogP contribution in [-0.2, 0) is 0 Å². The smallest absolute Gasteiger partial charge is 0.150 e. The molecule has 3 aromatic rings. The van der Waals surface area contributed by atoms with Crippen LogP contribution in [0.15, 0.2) is 66.7 Å². The predicted octanol–water partition coefficient (Wildman–Crippen LogP) is 5.18. The summed E-state index contributed by atoms with van der Waals surface area (Å²) in [6.07, 6.45) is -0.359. The molecule has 0 aromatic heterocycles. The van der Waals surface area contributed by atoms with E-state index in [9.17, 15) is 10.2 Å². The lowest BCUT2D eigenvalue weighted by Crippen LogP contribution is -2.49. The molecule has 188 valence electrons. The fourth-order valence-electron chi connectivity index (χ4n) is 5.04. The summed E-state index contributed by atoms with van der Waals surface area (Å²) in [4.78, 5) is 4.84. The van der Waals surface area contributed by atoms with Gasteiger partial charge in [0.25, 0.3) is 0 Å². The predicted molar refractivity (Wildman–Crippen MR) is 143 cm³/mol. The number of nitrogens with zero attached hydrogens (tertiary/aromatic N) is 2. The van der Waals surface area contributed by atoms with Gasteiger partial charge in [0, 0.05) is 43.4 Å². The van der Waals surface area contributed by atoms with E-state index in [4.69, 9.17) is 9.47 Å². The molecule has 0 amide bonds. The van der Waals surface area contributed by atoms with Crippen molar-refractivity contribution >= 4 is 11.1 Å². The van der Waals surface area contributed by atoms with E-state index >= 15 is 0 Å². The lowest BCUT2D eigenvalue weighted by Gasteiger charge is -2.36. The molecule has 2 aliphatic rings. The molecular weight excluding hydrogens is 452 g/mol. The van der Waals surface area contributed by atoms with E-state index in [-0.39, 0.29) is 17.6 Å². The van der Waals surface area contributed by atoms with Gasteiger partial charge in [-0.25, -0.2) is 0 Å². The van der Waals surface area contributed by atoms with E-state index in [0.717, 1.165) is 65.5 Å². The Morgan fingerprint density at radius 3 is 2.39 bits per heavy atom. The molecule has 6 heteroatoms.